The molecule has 0 aromatic rings. The molecule has 0 amide bonds. The standard InChI is InChI=1S/C32H46O9/c1-6-23-18(3)9-10-30(39-23)15-21-12-20(38-30)13-25-29(5,40-25)14-17(2)7-8-24-31(41-24)16-36-27-26(33)19(4)11-22(28(34)37-21)32(27,31)35/h7-8,11,17-18,20-27,33,35H,6,9-10,12-16H2,1-5H3/b8-7-/t17-,18-,20-,21-,22-,23+,24-,25-,26+,27+,29-,30+,31+,32+/m0/s1. The molecule has 0 saturated carbocycles. The number of hydrogen-bond acceptors (Lipinski definition) is 9. The lowest BCUT2D eigenvalue weighted by Crippen LogP contribution is -2.63. The number of hydrogen-bond donors (Lipinski definition) is 2. The number of esters is 1. The maximum atomic E-state index is 14.1. The molecule has 2 spiro atoms. The van der Waals surface area contributed by atoms with Crippen molar-refractivity contribution in [3.8, 4) is 0 Å². The summed E-state index contributed by atoms with van der Waals surface area (Å²) < 4.78 is 38.1. The van der Waals surface area contributed by atoms with Crippen LogP contribution in [0.1, 0.15) is 79.6 Å². The summed E-state index contributed by atoms with van der Waals surface area (Å²) in [6, 6.07) is 0. The zero-order valence-corrected chi connectivity index (χ0v) is 24.9. The third-order valence-electron chi connectivity index (χ3n) is 11.2. The highest BCUT2D eigenvalue weighted by atomic mass is 16.7. The first-order chi connectivity index (χ1) is 19.4. The summed E-state index contributed by atoms with van der Waals surface area (Å²) in [6.45, 7) is 10.5. The molecule has 9 nitrogen and oxygen atoms in total. The maximum Gasteiger partial charge on any atom is 0.316 e. The van der Waals surface area contributed by atoms with Crippen LogP contribution in [0.15, 0.2) is 23.8 Å². The van der Waals surface area contributed by atoms with Crippen LogP contribution in [0.25, 0.3) is 0 Å². The summed E-state index contributed by atoms with van der Waals surface area (Å²) in [6.07, 6.45) is 7.95. The molecule has 41 heavy (non-hydrogen) atoms. The summed E-state index contributed by atoms with van der Waals surface area (Å²) >= 11 is 0. The second-order valence-corrected chi connectivity index (χ2v) is 14.3. The molecule has 6 aliphatic heterocycles. The summed E-state index contributed by atoms with van der Waals surface area (Å²) in [5, 5.41) is 23.3. The number of carbonyl (C=O) groups excluding carboxylic acids is 1. The molecule has 2 N–H and O–H groups in total. The minimum absolute atomic E-state index is 0.0651. The van der Waals surface area contributed by atoms with Gasteiger partial charge in [-0.2, -0.15) is 0 Å². The number of rotatable bonds is 1. The van der Waals surface area contributed by atoms with E-state index in [4.69, 9.17) is 28.4 Å². The van der Waals surface area contributed by atoms with E-state index in [9.17, 15) is 15.0 Å². The Morgan fingerprint density at radius 2 is 1.85 bits per heavy atom. The average molecular weight is 575 g/mol. The van der Waals surface area contributed by atoms with E-state index in [-0.39, 0.29) is 36.4 Å². The second kappa shape index (κ2) is 9.58. The van der Waals surface area contributed by atoms with Gasteiger partial charge in [0.1, 0.15) is 35.9 Å². The number of aliphatic hydroxyl groups is 2. The molecule has 1 aliphatic carbocycles. The molecular formula is C32H46O9. The van der Waals surface area contributed by atoms with Gasteiger partial charge in [0.25, 0.3) is 0 Å². The van der Waals surface area contributed by atoms with Gasteiger partial charge in [0.05, 0.1) is 30.5 Å². The molecule has 7 aliphatic rings. The lowest BCUT2D eigenvalue weighted by atomic mass is 9.67. The van der Waals surface area contributed by atoms with Crippen molar-refractivity contribution in [2.24, 2.45) is 17.8 Å². The Hall–Kier alpha value is -1.33. The van der Waals surface area contributed by atoms with Crippen molar-refractivity contribution in [1.29, 1.82) is 0 Å². The molecule has 6 heterocycles. The van der Waals surface area contributed by atoms with Crippen LogP contribution < -0.4 is 0 Å². The summed E-state index contributed by atoms with van der Waals surface area (Å²) in [4.78, 5) is 14.1. The molecule has 228 valence electrons. The number of fused-ring (bicyclic) bond motifs is 3. The van der Waals surface area contributed by atoms with Crippen molar-refractivity contribution in [3.05, 3.63) is 23.8 Å². The highest BCUT2D eigenvalue weighted by molar-refractivity contribution is 5.78. The van der Waals surface area contributed by atoms with Gasteiger partial charge in [0, 0.05) is 25.7 Å². The highest BCUT2D eigenvalue weighted by Gasteiger charge is 2.79. The van der Waals surface area contributed by atoms with Crippen molar-refractivity contribution in [2.75, 3.05) is 6.61 Å². The third kappa shape index (κ3) is 4.40. The number of carbonyl (C=O) groups is 1. The van der Waals surface area contributed by atoms with Gasteiger partial charge >= 0.3 is 5.97 Å². The number of aliphatic hydroxyl groups excluding tert-OH is 1. The Kier molecular flexibility index (Phi) is 6.65. The van der Waals surface area contributed by atoms with Crippen LogP contribution in [-0.2, 0) is 33.2 Å². The first-order valence-corrected chi connectivity index (χ1v) is 15.7. The quantitative estimate of drug-likeness (QED) is 0.276. The predicted molar refractivity (Wildman–Crippen MR) is 147 cm³/mol. The highest BCUT2D eigenvalue weighted by Crippen LogP contribution is 2.59. The van der Waals surface area contributed by atoms with Crippen LogP contribution in [0.5, 0.6) is 0 Å². The summed E-state index contributed by atoms with van der Waals surface area (Å²) in [7, 11) is 0. The molecule has 14 atom stereocenters. The molecule has 5 saturated heterocycles. The molecule has 2 bridgehead atoms. The Morgan fingerprint density at radius 1 is 1.05 bits per heavy atom. The summed E-state index contributed by atoms with van der Waals surface area (Å²) in [5.74, 6) is -1.73. The van der Waals surface area contributed by atoms with Crippen molar-refractivity contribution in [2.45, 2.75) is 145 Å². The van der Waals surface area contributed by atoms with E-state index < -0.39 is 53.3 Å². The molecular weight excluding hydrogens is 528 g/mol. The molecule has 0 unspecified atom stereocenters. The van der Waals surface area contributed by atoms with Crippen LogP contribution in [0.3, 0.4) is 0 Å². The zero-order chi connectivity index (χ0) is 28.9. The topological polar surface area (TPSA) is 120 Å². The Labute approximate surface area is 242 Å². The third-order valence-corrected chi connectivity index (χ3v) is 11.2. The normalized spacial score (nSPS) is 57.0. The van der Waals surface area contributed by atoms with Crippen LogP contribution in [-0.4, -0.2) is 88.1 Å². The predicted octanol–water partition coefficient (Wildman–Crippen LogP) is 3.35. The smallest absolute Gasteiger partial charge is 0.316 e. The van der Waals surface area contributed by atoms with E-state index >= 15 is 0 Å². The van der Waals surface area contributed by atoms with E-state index in [1.165, 1.54) is 0 Å². The monoisotopic (exact) mass is 574 g/mol. The van der Waals surface area contributed by atoms with Crippen LogP contribution in [0, 0.1) is 17.8 Å². The van der Waals surface area contributed by atoms with Gasteiger partial charge < -0.3 is 38.6 Å². The van der Waals surface area contributed by atoms with E-state index in [2.05, 4.69) is 33.8 Å². The van der Waals surface area contributed by atoms with Crippen molar-refractivity contribution in [3.63, 3.8) is 0 Å². The maximum absolute atomic E-state index is 14.1. The van der Waals surface area contributed by atoms with Gasteiger partial charge in [0.15, 0.2) is 11.4 Å². The van der Waals surface area contributed by atoms with Crippen LogP contribution in [0.2, 0.25) is 0 Å². The molecule has 9 heteroatoms. The van der Waals surface area contributed by atoms with Gasteiger partial charge in [-0.15, -0.1) is 0 Å². The fraction of sp³-hybridized carbons (Fsp3) is 0.844. The largest absolute Gasteiger partial charge is 0.462 e. The van der Waals surface area contributed by atoms with Crippen LogP contribution >= 0.6 is 0 Å². The van der Waals surface area contributed by atoms with E-state index in [0.717, 1.165) is 25.7 Å². The molecule has 0 aromatic carbocycles. The van der Waals surface area contributed by atoms with Gasteiger partial charge in [-0.05, 0) is 50.5 Å². The van der Waals surface area contributed by atoms with Gasteiger partial charge in [-0.3, -0.25) is 4.79 Å². The fourth-order valence-corrected chi connectivity index (χ4v) is 8.68. The van der Waals surface area contributed by atoms with Crippen molar-refractivity contribution < 1.29 is 43.4 Å². The SMILES string of the molecule is CC[C@H]1O[C@]2(CC[C@@H]1C)C[C@@H]1C[C@@H](C[C@@H]3O[C@@]3(C)C[C@@H](C)/C=C\[C@@H]3O[C@]34CO[C@@H]3[C@H](O)C(C)=C[C@@H](C(=O)O1)[C@@]34O)O2. The zero-order valence-electron chi connectivity index (χ0n) is 24.9. The Morgan fingerprint density at radius 3 is 2.63 bits per heavy atom. The molecule has 0 radical (unpaired) electrons. The van der Waals surface area contributed by atoms with E-state index in [1.807, 2.05) is 6.08 Å². The average Bonchev–Trinajstić information content (AvgIpc) is 3.76. The number of ether oxygens (including phenoxy) is 6. The number of allylic oxidation sites excluding steroid dienone is 1. The van der Waals surface area contributed by atoms with Crippen LogP contribution in [0.4, 0.5) is 0 Å². The molecule has 5 fully saturated rings. The lowest BCUT2D eigenvalue weighted by Gasteiger charge is -2.50. The number of epoxide rings is 2. The van der Waals surface area contributed by atoms with E-state index in [0.29, 0.717) is 30.8 Å². The molecule has 0 aromatic heterocycles. The van der Waals surface area contributed by atoms with Gasteiger partial charge in [0.2, 0.25) is 0 Å². The lowest BCUT2D eigenvalue weighted by molar-refractivity contribution is -0.336. The first-order valence-electron chi connectivity index (χ1n) is 15.7. The van der Waals surface area contributed by atoms with E-state index in [1.54, 1.807) is 13.0 Å². The Balaban J connectivity index is 1.24. The minimum Gasteiger partial charge on any atom is -0.462 e. The molecule has 7 rings (SSSR count). The van der Waals surface area contributed by atoms with Gasteiger partial charge in [-0.1, -0.05) is 39.0 Å². The fourth-order valence-electron chi connectivity index (χ4n) is 8.68. The first kappa shape index (κ1) is 28.4. The van der Waals surface area contributed by atoms with Crippen molar-refractivity contribution >= 4 is 5.97 Å². The Bertz CT molecular complexity index is 1140. The summed E-state index contributed by atoms with van der Waals surface area (Å²) in [5.41, 5.74) is -2.55. The van der Waals surface area contributed by atoms with Crippen molar-refractivity contribution in [1.82, 2.24) is 0 Å². The minimum atomic E-state index is -1.76. The van der Waals surface area contributed by atoms with Gasteiger partial charge in [-0.25, -0.2) is 0 Å². The second-order valence-electron chi connectivity index (χ2n) is 14.3.